The number of ether oxygens (including phenoxy) is 1. The van der Waals surface area contributed by atoms with Crippen molar-refractivity contribution in [2.45, 2.75) is 12.5 Å². The van der Waals surface area contributed by atoms with Crippen LogP contribution in [0.25, 0.3) is 21.3 Å². The zero-order valence-electron chi connectivity index (χ0n) is 15.3. The van der Waals surface area contributed by atoms with Gasteiger partial charge in [-0.25, -0.2) is 4.98 Å². The molecule has 0 bridgehead atoms. The Morgan fingerprint density at radius 3 is 2.89 bits per heavy atom. The summed E-state index contributed by atoms with van der Waals surface area (Å²) in [6.45, 7) is 0. The number of thiophene rings is 1. The highest BCUT2D eigenvalue weighted by Crippen LogP contribution is 2.47. The van der Waals surface area contributed by atoms with E-state index in [2.05, 4.69) is 51.8 Å². The molecule has 138 valence electrons. The van der Waals surface area contributed by atoms with Crippen molar-refractivity contribution in [1.29, 1.82) is 0 Å². The van der Waals surface area contributed by atoms with Crippen molar-refractivity contribution in [3.05, 3.63) is 70.9 Å². The van der Waals surface area contributed by atoms with Crippen molar-refractivity contribution in [3.8, 4) is 16.3 Å². The maximum Gasteiger partial charge on any atom is 0.212 e. The van der Waals surface area contributed by atoms with Crippen LogP contribution in [0, 0.1) is 5.92 Å². The molecule has 0 spiro atoms. The van der Waals surface area contributed by atoms with Gasteiger partial charge in [0.15, 0.2) is 0 Å². The quantitative estimate of drug-likeness (QED) is 0.544. The molecular weight excluding hydrogens is 368 g/mol. The third kappa shape index (κ3) is 2.31. The first kappa shape index (κ1) is 15.9. The van der Waals surface area contributed by atoms with Gasteiger partial charge in [-0.3, -0.25) is 0 Å². The Morgan fingerprint density at radius 1 is 1.11 bits per heavy atom. The summed E-state index contributed by atoms with van der Waals surface area (Å²) in [6, 6.07) is 15.2. The molecule has 1 aliphatic heterocycles. The molecule has 1 aliphatic carbocycles. The van der Waals surface area contributed by atoms with E-state index in [1.807, 2.05) is 29.8 Å². The lowest BCUT2D eigenvalue weighted by Crippen LogP contribution is -2.17. The predicted molar refractivity (Wildman–Crippen MR) is 112 cm³/mol. The van der Waals surface area contributed by atoms with Gasteiger partial charge in [-0.2, -0.15) is 5.10 Å². The Bertz CT molecular complexity index is 1220. The molecule has 28 heavy (non-hydrogen) atoms. The van der Waals surface area contributed by atoms with E-state index in [4.69, 9.17) is 9.84 Å². The normalized spacial score (nSPS) is 20.0. The Balaban J connectivity index is 1.30. The molecule has 1 aromatic carbocycles. The third-order valence-corrected chi connectivity index (χ3v) is 6.96. The van der Waals surface area contributed by atoms with Crippen molar-refractivity contribution in [2.24, 2.45) is 11.0 Å². The van der Waals surface area contributed by atoms with Crippen molar-refractivity contribution < 1.29 is 4.74 Å². The highest BCUT2D eigenvalue weighted by Gasteiger charge is 2.41. The van der Waals surface area contributed by atoms with Gasteiger partial charge >= 0.3 is 0 Å². The summed E-state index contributed by atoms with van der Waals surface area (Å²) in [5, 5.41) is 5.95. The third-order valence-electron chi connectivity index (χ3n) is 5.74. The monoisotopic (exact) mass is 386 g/mol. The highest BCUT2D eigenvalue weighted by molar-refractivity contribution is 7.15. The number of aromatic nitrogens is 2. The molecular formula is C22H18N4OS. The van der Waals surface area contributed by atoms with E-state index >= 15 is 0 Å². The standard InChI is InChI=1S/C22H18N4OS/c1-27-20-5-4-14(11-24-20)18-9-15-19(28-18)10-16-21(25-26-22(15)16)13-3-2-12-6-7-23-17(12)8-13/h2-9,11,16,22-23,26H,10H2,1H3. The number of nitrogens with zero attached hydrogens (tertiary/aromatic N) is 2. The topological polar surface area (TPSA) is 62.3 Å². The van der Waals surface area contributed by atoms with Crippen LogP contribution < -0.4 is 10.2 Å². The highest BCUT2D eigenvalue weighted by atomic mass is 32.1. The Kier molecular flexibility index (Phi) is 3.37. The molecule has 0 fully saturated rings. The second kappa shape index (κ2) is 5.94. The van der Waals surface area contributed by atoms with Gasteiger partial charge in [0.05, 0.1) is 18.9 Å². The van der Waals surface area contributed by atoms with Crippen LogP contribution in [0.4, 0.5) is 0 Å². The zero-order chi connectivity index (χ0) is 18.7. The summed E-state index contributed by atoms with van der Waals surface area (Å²) in [7, 11) is 1.64. The Morgan fingerprint density at radius 2 is 2.04 bits per heavy atom. The number of rotatable bonds is 3. The molecule has 0 saturated carbocycles. The van der Waals surface area contributed by atoms with E-state index in [0.29, 0.717) is 11.8 Å². The minimum atomic E-state index is 0.264. The number of aromatic amines is 1. The van der Waals surface area contributed by atoms with Gasteiger partial charge in [-0.1, -0.05) is 12.1 Å². The smallest absolute Gasteiger partial charge is 0.212 e. The molecule has 0 radical (unpaired) electrons. The predicted octanol–water partition coefficient (Wildman–Crippen LogP) is 4.52. The number of fused-ring (bicyclic) bond motifs is 4. The second-order valence-electron chi connectivity index (χ2n) is 7.27. The molecule has 5 nitrogen and oxygen atoms in total. The number of hydrogen-bond donors (Lipinski definition) is 2. The number of nitrogens with one attached hydrogen (secondary N) is 2. The molecule has 2 N–H and O–H groups in total. The van der Waals surface area contributed by atoms with Gasteiger partial charge < -0.3 is 15.1 Å². The first-order valence-electron chi connectivity index (χ1n) is 9.34. The van der Waals surface area contributed by atoms with Gasteiger partial charge in [0.1, 0.15) is 0 Å². The lowest BCUT2D eigenvalue weighted by molar-refractivity contribution is 0.398. The van der Waals surface area contributed by atoms with Crippen LogP contribution in [-0.2, 0) is 6.42 Å². The van der Waals surface area contributed by atoms with Crippen molar-refractivity contribution in [3.63, 3.8) is 0 Å². The molecule has 3 aromatic heterocycles. The summed E-state index contributed by atoms with van der Waals surface area (Å²) < 4.78 is 5.16. The minimum absolute atomic E-state index is 0.264. The maximum absolute atomic E-state index is 5.16. The van der Waals surface area contributed by atoms with Crippen LogP contribution in [0.15, 0.2) is 60.0 Å². The van der Waals surface area contributed by atoms with Crippen LogP contribution >= 0.6 is 11.3 Å². The number of hydrogen-bond acceptors (Lipinski definition) is 5. The van der Waals surface area contributed by atoms with Crippen LogP contribution in [0.2, 0.25) is 0 Å². The van der Waals surface area contributed by atoms with Gasteiger partial charge in [0.2, 0.25) is 5.88 Å². The van der Waals surface area contributed by atoms with E-state index < -0.39 is 0 Å². The first-order chi connectivity index (χ1) is 13.8. The molecule has 0 amide bonds. The van der Waals surface area contributed by atoms with Gasteiger partial charge in [-0.15, -0.1) is 11.3 Å². The number of methoxy groups -OCH3 is 1. The summed E-state index contributed by atoms with van der Waals surface area (Å²) in [4.78, 5) is 10.3. The van der Waals surface area contributed by atoms with Crippen LogP contribution in [0.1, 0.15) is 22.0 Å². The molecule has 2 atom stereocenters. The maximum atomic E-state index is 5.16. The van der Waals surface area contributed by atoms with E-state index in [1.165, 1.54) is 26.3 Å². The largest absolute Gasteiger partial charge is 0.481 e. The first-order valence-corrected chi connectivity index (χ1v) is 10.2. The summed E-state index contributed by atoms with van der Waals surface area (Å²) in [6.07, 6.45) is 4.89. The van der Waals surface area contributed by atoms with Crippen molar-refractivity contribution in [1.82, 2.24) is 15.4 Å². The number of H-pyrrole nitrogens is 1. The Hall–Kier alpha value is -3.12. The molecule has 6 heteroatoms. The van der Waals surface area contributed by atoms with Crippen LogP contribution in [0.3, 0.4) is 0 Å². The minimum Gasteiger partial charge on any atom is -0.481 e. The summed E-state index contributed by atoms with van der Waals surface area (Å²) in [5.41, 5.74) is 9.43. The van der Waals surface area contributed by atoms with E-state index in [-0.39, 0.29) is 6.04 Å². The fourth-order valence-corrected chi connectivity index (χ4v) is 5.57. The Labute approximate surface area is 166 Å². The van der Waals surface area contributed by atoms with E-state index in [1.54, 1.807) is 7.11 Å². The molecule has 6 rings (SSSR count). The molecule has 4 aromatic rings. The van der Waals surface area contributed by atoms with Gasteiger partial charge in [-0.05, 0) is 41.6 Å². The van der Waals surface area contributed by atoms with Gasteiger partial charge in [0, 0.05) is 50.8 Å². The summed E-state index contributed by atoms with van der Waals surface area (Å²) in [5.74, 6) is 1.04. The molecule has 4 heterocycles. The van der Waals surface area contributed by atoms with E-state index in [9.17, 15) is 0 Å². The van der Waals surface area contributed by atoms with Crippen molar-refractivity contribution >= 4 is 28.0 Å². The molecule has 0 saturated heterocycles. The average molecular weight is 386 g/mol. The number of pyridine rings is 1. The van der Waals surface area contributed by atoms with Crippen molar-refractivity contribution in [2.75, 3.05) is 7.11 Å². The fourth-order valence-electron chi connectivity index (χ4n) is 4.31. The number of benzene rings is 1. The SMILES string of the molecule is COc1ccc(-c2cc3c(s2)CC2C(c4ccc5cc[nH]c5c4)=NNC32)cn1. The fraction of sp³-hybridized carbons (Fsp3) is 0.182. The summed E-state index contributed by atoms with van der Waals surface area (Å²) >= 11 is 1.86. The van der Waals surface area contributed by atoms with Crippen LogP contribution in [0.5, 0.6) is 5.88 Å². The van der Waals surface area contributed by atoms with Gasteiger partial charge in [0.25, 0.3) is 0 Å². The van der Waals surface area contributed by atoms with Crippen LogP contribution in [-0.4, -0.2) is 22.8 Å². The number of hydrazone groups is 1. The zero-order valence-corrected chi connectivity index (χ0v) is 16.1. The lowest BCUT2D eigenvalue weighted by Gasteiger charge is -2.12. The molecule has 2 unspecified atom stereocenters. The average Bonchev–Trinajstić information content (AvgIpc) is 3.48. The second-order valence-corrected chi connectivity index (χ2v) is 8.41. The van der Waals surface area contributed by atoms with E-state index in [0.717, 1.165) is 23.2 Å². The lowest BCUT2D eigenvalue weighted by atomic mass is 9.92. The molecule has 2 aliphatic rings.